The summed E-state index contributed by atoms with van der Waals surface area (Å²) < 4.78 is 0. The molecule has 0 unspecified atom stereocenters. The zero-order valence-corrected chi connectivity index (χ0v) is 11.1. The molecule has 0 rings (SSSR count). The molecule has 0 aromatic rings. The van der Waals surface area contributed by atoms with Crippen molar-refractivity contribution >= 4 is 8.07 Å². The zero-order valence-electron chi connectivity index (χ0n) is 10.1. The molecule has 0 atom stereocenters. The minimum Gasteiger partial charge on any atom is -0.392 e. The van der Waals surface area contributed by atoms with Crippen LogP contribution in [-0.2, 0) is 0 Å². The van der Waals surface area contributed by atoms with E-state index in [4.69, 9.17) is 5.11 Å². The molecule has 0 aromatic heterocycles. The Bertz CT molecular complexity index is 268. The molecule has 0 saturated heterocycles. The molecule has 0 aromatic carbocycles. The third-order valence-corrected chi connectivity index (χ3v) is 7.81. The maximum absolute atomic E-state index is 8.93. The molecule has 0 radical (unpaired) electrons. The fourth-order valence-electron chi connectivity index (χ4n) is 1.47. The van der Waals surface area contributed by atoms with Gasteiger partial charge in [0.15, 0.2) is 0 Å². The van der Waals surface area contributed by atoms with Crippen molar-refractivity contribution in [2.45, 2.75) is 38.9 Å². The Morgan fingerprint density at radius 2 is 1.80 bits per heavy atom. The van der Waals surface area contributed by atoms with Crippen molar-refractivity contribution in [3.05, 3.63) is 24.3 Å². The highest BCUT2D eigenvalue weighted by Gasteiger charge is 2.23. The van der Waals surface area contributed by atoms with Crippen molar-refractivity contribution in [3.63, 3.8) is 0 Å². The van der Waals surface area contributed by atoms with Gasteiger partial charge in [-0.3, -0.25) is 0 Å². The maximum Gasteiger partial charge on any atom is 0.138 e. The van der Waals surface area contributed by atoms with Gasteiger partial charge in [-0.25, -0.2) is 0 Å². The molecule has 2 heteroatoms. The smallest absolute Gasteiger partial charge is 0.138 e. The van der Waals surface area contributed by atoms with E-state index >= 15 is 0 Å². The fraction of sp³-hybridized carbons (Fsp3) is 0.538. The Morgan fingerprint density at radius 3 is 2.13 bits per heavy atom. The number of hydrogen-bond acceptors (Lipinski definition) is 1. The summed E-state index contributed by atoms with van der Waals surface area (Å²) in [6.07, 6.45) is 3.44. The van der Waals surface area contributed by atoms with Crippen LogP contribution in [0.2, 0.25) is 18.1 Å². The van der Waals surface area contributed by atoms with Gasteiger partial charge in [-0.05, 0) is 29.8 Å². The first-order valence-corrected chi connectivity index (χ1v) is 8.25. The second kappa shape index (κ2) is 7.50. The Morgan fingerprint density at radius 1 is 1.27 bits per heavy atom. The standard InChI is InChI=1S/C13H22OSi/c1-5-13(12-14)10-9-11-15(6-2,7-3)8-4/h5,10,14H,1,6-8,12H2,2-4H3/b13-10+. The number of hydrogen-bond donors (Lipinski definition) is 1. The Balaban J connectivity index is 4.74. The molecule has 1 nitrogen and oxygen atoms in total. The molecule has 0 amide bonds. The number of aliphatic hydroxyl groups is 1. The van der Waals surface area contributed by atoms with E-state index in [-0.39, 0.29) is 6.61 Å². The molecule has 0 fully saturated rings. The van der Waals surface area contributed by atoms with Crippen LogP contribution in [0.25, 0.3) is 0 Å². The summed E-state index contributed by atoms with van der Waals surface area (Å²) in [6.45, 7) is 10.4. The normalized spacial score (nSPS) is 11.9. The van der Waals surface area contributed by atoms with Gasteiger partial charge in [0.05, 0.1) is 6.61 Å². The molecule has 0 spiro atoms. The van der Waals surface area contributed by atoms with Gasteiger partial charge in [0.1, 0.15) is 8.07 Å². The highest BCUT2D eigenvalue weighted by atomic mass is 28.3. The van der Waals surface area contributed by atoms with Gasteiger partial charge in [0.25, 0.3) is 0 Å². The molecule has 1 N–H and O–H groups in total. The molecule has 0 bridgehead atoms. The van der Waals surface area contributed by atoms with E-state index in [0.29, 0.717) is 0 Å². The zero-order chi connectivity index (χ0) is 11.7. The van der Waals surface area contributed by atoms with Gasteiger partial charge in [0, 0.05) is 0 Å². The first kappa shape index (κ1) is 14.2. The van der Waals surface area contributed by atoms with Crippen molar-refractivity contribution in [2.75, 3.05) is 6.61 Å². The molecule has 0 heterocycles. The predicted octanol–water partition coefficient (Wildman–Crippen LogP) is 3.14. The maximum atomic E-state index is 8.93. The third kappa shape index (κ3) is 4.50. The Labute approximate surface area is 94.9 Å². The van der Waals surface area contributed by atoms with Crippen molar-refractivity contribution < 1.29 is 5.11 Å². The summed E-state index contributed by atoms with van der Waals surface area (Å²) in [5.74, 6) is 3.10. The third-order valence-electron chi connectivity index (χ3n) is 3.07. The van der Waals surface area contributed by atoms with Gasteiger partial charge in [-0.15, -0.1) is 5.54 Å². The highest BCUT2D eigenvalue weighted by Crippen LogP contribution is 2.18. The van der Waals surface area contributed by atoms with E-state index in [1.165, 1.54) is 18.1 Å². The molecular formula is C13H22OSi. The van der Waals surface area contributed by atoms with Crippen LogP contribution in [0, 0.1) is 11.5 Å². The summed E-state index contributed by atoms with van der Waals surface area (Å²) >= 11 is 0. The predicted molar refractivity (Wildman–Crippen MR) is 70.3 cm³/mol. The van der Waals surface area contributed by atoms with Crippen molar-refractivity contribution in [2.24, 2.45) is 0 Å². The summed E-state index contributed by atoms with van der Waals surface area (Å²) in [7, 11) is -1.33. The number of allylic oxidation sites excluding steroid dienone is 1. The fourth-order valence-corrected chi connectivity index (χ4v) is 3.87. The van der Waals surface area contributed by atoms with E-state index < -0.39 is 8.07 Å². The van der Waals surface area contributed by atoms with Crippen LogP contribution in [0.4, 0.5) is 0 Å². The lowest BCUT2D eigenvalue weighted by atomic mass is 10.3. The largest absolute Gasteiger partial charge is 0.392 e. The lowest BCUT2D eigenvalue weighted by Gasteiger charge is -2.19. The van der Waals surface area contributed by atoms with Gasteiger partial charge in [-0.2, -0.15) is 0 Å². The van der Waals surface area contributed by atoms with E-state index in [2.05, 4.69) is 38.8 Å². The first-order chi connectivity index (χ1) is 7.17. The van der Waals surface area contributed by atoms with Crippen LogP contribution in [0.3, 0.4) is 0 Å². The van der Waals surface area contributed by atoms with Crippen molar-refractivity contribution in [3.8, 4) is 11.5 Å². The van der Waals surface area contributed by atoms with Crippen LogP contribution < -0.4 is 0 Å². The summed E-state index contributed by atoms with van der Waals surface area (Å²) in [6, 6.07) is 3.64. The van der Waals surface area contributed by atoms with Crippen LogP contribution in [0.5, 0.6) is 0 Å². The van der Waals surface area contributed by atoms with E-state index in [1.807, 2.05) is 0 Å². The topological polar surface area (TPSA) is 20.2 Å². The van der Waals surface area contributed by atoms with Gasteiger partial charge in [0.2, 0.25) is 0 Å². The average molecular weight is 222 g/mol. The van der Waals surface area contributed by atoms with Crippen molar-refractivity contribution in [1.82, 2.24) is 0 Å². The van der Waals surface area contributed by atoms with Crippen LogP contribution in [-0.4, -0.2) is 19.8 Å². The molecule has 0 aliphatic rings. The first-order valence-electron chi connectivity index (χ1n) is 5.63. The lowest BCUT2D eigenvalue weighted by molar-refractivity contribution is 0.335. The van der Waals surface area contributed by atoms with E-state index in [9.17, 15) is 0 Å². The average Bonchev–Trinajstić information content (AvgIpc) is 2.31. The number of aliphatic hydroxyl groups excluding tert-OH is 1. The molecule has 84 valence electrons. The summed E-state index contributed by atoms with van der Waals surface area (Å²) in [5.41, 5.74) is 4.23. The Kier molecular flexibility index (Phi) is 7.11. The quantitative estimate of drug-likeness (QED) is 0.430. The Hall–Kier alpha value is -0.783. The minimum absolute atomic E-state index is 0.0249. The SMILES string of the molecule is C=C/C(=C\C#C[Si](CC)(CC)CC)CO. The number of rotatable bonds is 5. The highest BCUT2D eigenvalue weighted by molar-refractivity contribution is 6.87. The summed E-state index contributed by atoms with van der Waals surface area (Å²) in [5, 5.41) is 8.93. The summed E-state index contributed by atoms with van der Waals surface area (Å²) in [4.78, 5) is 0. The molecular weight excluding hydrogens is 200 g/mol. The van der Waals surface area contributed by atoms with Gasteiger partial charge < -0.3 is 5.11 Å². The van der Waals surface area contributed by atoms with Gasteiger partial charge in [-0.1, -0.05) is 39.3 Å². The molecule has 0 aliphatic carbocycles. The van der Waals surface area contributed by atoms with Gasteiger partial charge >= 0.3 is 0 Å². The molecule has 0 aliphatic heterocycles. The molecule has 0 saturated carbocycles. The van der Waals surface area contributed by atoms with E-state index in [0.717, 1.165) is 5.57 Å². The second-order valence-electron chi connectivity index (χ2n) is 3.69. The lowest BCUT2D eigenvalue weighted by Crippen LogP contribution is -2.29. The second-order valence-corrected chi connectivity index (χ2v) is 8.62. The van der Waals surface area contributed by atoms with Crippen LogP contribution >= 0.6 is 0 Å². The van der Waals surface area contributed by atoms with Crippen LogP contribution in [0.15, 0.2) is 24.3 Å². The minimum atomic E-state index is -1.33. The van der Waals surface area contributed by atoms with E-state index in [1.54, 1.807) is 12.2 Å². The van der Waals surface area contributed by atoms with Crippen molar-refractivity contribution in [1.29, 1.82) is 0 Å². The monoisotopic (exact) mass is 222 g/mol. The van der Waals surface area contributed by atoms with Crippen LogP contribution in [0.1, 0.15) is 20.8 Å². The molecule has 15 heavy (non-hydrogen) atoms.